The van der Waals surface area contributed by atoms with Crippen LogP contribution in [0.5, 0.6) is 0 Å². The van der Waals surface area contributed by atoms with E-state index in [1.165, 1.54) is 6.92 Å². The fourth-order valence-corrected chi connectivity index (χ4v) is 0.229. The molecule has 0 rings (SSSR count). The Kier molecular flexibility index (Phi) is 2.86. The standard InChI is InChI=1S/C4H9F2NO/c1-2(7)3(8)4(5)6/h2-4,8H,7H2,1H3/t2-,3-/m1/s1. The molecule has 2 atom stereocenters. The van der Waals surface area contributed by atoms with Gasteiger partial charge in [0.25, 0.3) is 6.43 Å². The van der Waals surface area contributed by atoms with Crippen LogP contribution in [0.15, 0.2) is 0 Å². The van der Waals surface area contributed by atoms with Gasteiger partial charge in [-0.3, -0.25) is 0 Å². The van der Waals surface area contributed by atoms with Crippen LogP contribution < -0.4 is 5.73 Å². The van der Waals surface area contributed by atoms with Crippen LogP contribution in [0, 0.1) is 0 Å². The van der Waals surface area contributed by atoms with Crippen molar-refractivity contribution in [2.75, 3.05) is 0 Å². The van der Waals surface area contributed by atoms with Crippen LogP contribution in [0.4, 0.5) is 8.78 Å². The highest BCUT2D eigenvalue weighted by atomic mass is 19.3. The fourth-order valence-electron chi connectivity index (χ4n) is 0.229. The number of alkyl halides is 2. The smallest absolute Gasteiger partial charge is 0.265 e. The first-order valence-corrected chi connectivity index (χ1v) is 2.27. The highest BCUT2D eigenvalue weighted by Crippen LogP contribution is 2.02. The number of aliphatic hydroxyl groups excluding tert-OH is 1. The van der Waals surface area contributed by atoms with Crippen molar-refractivity contribution in [3.63, 3.8) is 0 Å². The van der Waals surface area contributed by atoms with Gasteiger partial charge in [-0.2, -0.15) is 0 Å². The summed E-state index contributed by atoms with van der Waals surface area (Å²) in [6.45, 7) is 1.33. The average Bonchev–Trinajstić information content (AvgIpc) is 1.64. The van der Waals surface area contributed by atoms with E-state index in [0.717, 1.165) is 0 Å². The van der Waals surface area contributed by atoms with Crippen LogP contribution in [0.25, 0.3) is 0 Å². The number of hydrogen-bond donors (Lipinski definition) is 2. The molecule has 4 heteroatoms. The highest BCUT2D eigenvalue weighted by Gasteiger charge is 2.20. The van der Waals surface area contributed by atoms with Crippen molar-refractivity contribution >= 4 is 0 Å². The second-order valence-electron chi connectivity index (χ2n) is 1.68. The summed E-state index contributed by atoms with van der Waals surface area (Å²) in [6.07, 6.45) is -4.41. The predicted molar refractivity (Wildman–Crippen MR) is 25.7 cm³/mol. The molecule has 0 spiro atoms. The van der Waals surface area contributed by atoms with E-state index >= 15 is 0 Å². The zero-order valence-electron chi connectivity index (χ0n) is 4.51. The summed E-state index contributed by atoms with van der Waals surface area (Å²) in [5.41, 5.74) is 4.91. The summed E-state index contributed by atoms with van der Waals surface area (Å²) in [5.74, 6) is 0. The van der Waals surface area contributed by atoms with Crippen LogP contribution in [0.1, 0.15) is 6.92 Å². The quantitative estimate of drug-likeness (QED) is 0.544. The van der Waals surface area contributed by atoms with Gasteiger partial charge in [0, 0.05) is 6.04 Å². The molecule has 0 aromatic carbocycles. The molecule has 0 aliphatic carbocycles. The monoisotopic (exact) mass is 125 g/mol. The van der Waals surface area contributed by atoms with Gasteiger partial charge in [-0.15, -0.1) is 0 Å². The Morgan fingerprint density at radius 1 is 1.50 bits per heavy atom. The molecule has 3 N–H and O–H groups in total. The molecule has 2 nitrogen and oxygen atoms in total. The van der Waals surface area contributed by atoms with E-state index in [9.17, 15) is 8.78 Å². The minimum atomic E-state index is -2.73. The van der Waals surface area contributed by atoms with Gasteiger partial charge in [-0.25, -0.2) is 8.78 Å². The second-order valence-corrected chi connectivity index (χ2v) is 1.68. The molecular formula is C4H9F2NO. The molecule has 0 saturated carbocycles. The van der Waals surface area contributed by atoms with Crippen molar-refractivity contribution in [2.45, 2.75) is 25.5 Å². The summed E-state index contributed by atoms with van der Waals surface area (Å²) in [4.78, 5) is 0. The van der Waals surface area contributed by atoms with Gasteiger partial charge in [-0.05, 0) is 6.92 Å². The molecule has 0 fully saturated rings. The number of rotatable bonds is 2. The third kappa shape index (κ3) is 2.18. The molecule has 0 aliphatic rings. The van der Waals surface area contributed by atoms with E-state index in [1.54, 1.807) is 0 Å². The molecule has 0 aromatic rings. The lowest BCUT2D eigenvalue weighted by molar-refractivity contribution is -0.0153. The maximum atomic E-state index is 11.3. The summed E-state index contributed by atoms with van der Waals surface area (Å²) in [5, 5.41) is 8.33. The van der Waals surface area contributed by atoms with Gasteiger partial charge >= 0.3 is 0 Å². The summed E-state index contributed by atoms with van der Waals surface area (Å²) in [7, 11) is 0. The first-order chi connectivity index (χ1) is 3.55. The Labute approximate surface area is 46.3 Å². The number of aliphatic hydroxyl groups is 1. The minimum Gasteiger partial charge on any atom is -0.386 e. The molecule has 0 radical (unpaired) electrons. The Morgan fingerprint density at radius 3 is 1.88 bits per heavy atom. The first-order valence-electron chi connectivity index (χ1n) is 2.27. The van der Waals surface area contributed by atoms with Crippen LogP contribution >= 0.6 is 0 Å². The van der Waals surface area contributed by atoms with Crippen LogP contribution in [0.3, 0.4) is 0 Å². The molecular weight excluding hydrogens is 116 g/mol. The average molecular weight is 125 g/mol. The van der Waals surface area contributed by atoms with Gasteiger partial charge in [0.15, 0.2) is 0 Å². The van der Waals surface area contributed by atoms with Crippen molar-refractivity contribution in [1.29, 1.82) is 0 Å². The van der Waals surface area contributed by atoms with Gasteiger partial charge in [0.05, 0.1) is 0 Å². The van der Waals surface area contributed by atoms with Crippen molar-refractivity contribution in [3.8, 4) is 0 Å². The summed E-state index contributed by atoms with van der Waals surface area (Å²) in [6, 6.07) is -0.852. The van der Waals surface area contributed by atoms with E-state index in [0.29, 0.717) is 0 Å². The van der Waals surface area contributed by atoms with E-state index in [2.05, 4.69) is 0 Å². The molecule has 0 saturated heterocycles. The Balaban J connectivity index is 3.46. The summed E-state index contributed by atoms with van der Waals surface area (Å²) < 4.78 is 22.7. The fraction of sp³-hybridized carbons (Fsp3) is 1.00. The molecule has 0 unspecified atom stereocenters. The maximum absolute atomic E-state index is 11.3. The Bertz CT molecular complexity index is 59.1. The lowest BCUT2D eigenvalue weighted by atomic mass is 10.2. The van der Waals surface area contributed by atoms with Gasteiger partial charge in [0.2, 0.25) is 0 Å². The third-order valence-corrected chi connectivity index (χ3v) is 0.797. The normalized spacial score (nSPS) is 18.8. The lowest BCUT2D eigenvalue weighted by Crippen LogP contribution is -2.36. The van der Waals surface area contributed by atoms with Gasteiger partial charge in [-0.1, -0.05) is 0 Å². The lowest BCUT2D eigenvalue weighted by Gasteiger charge is -2.11. The van der Waals surface area contributed by atoms with E-state index in [1.807, 2.05) is 0 Å². The van der Waals surface area contributed by atoms with Gasteiger partial charge in [0.1, 0.15) is 6.10 Å². The van der Waals surface area contributed by atoms with Crippen LogP contribution in [0.2, 0.25) is 0 Å². The van der Waals surface area contributed by atoms with E-state index in [-0.39, 0.29) is 0 Å². The van der Waals surface area contributed by atoms with Crippen LogP contribution in [-0.2, 0) is 0 Å². The second kappa shape index (κ2) is 2.94. The SMILES string of the molecule is C[C@@H](N)[C@@H](O)C(F)F. The third-order valence-electron chi connectivity index (χ3n) is 0.797. The topological polar surface area (TPSA) is 46.2 Å². The van der Waals surface area contributed by atoms with Crippen molar-refractivity contribution < 1.29 is 13.9 Å². The molecule has 0 heterocycles. The summed E-state index contributed by atoms with van der Waals surface area (Å²) >= 11 is 0. The number of halogens is 2. The molecule has 0 aliphatic heterocycles. The van der Waals surface area contributed by atoms with E-state index in [4.69, 9.17) is 10.8 Å². The number of hydrogen-bond acceptors (Lipinski definition) is 2. The van der Waals surface area contributed by atoms with Crippen molar-refractivity contribution in [2.24, 2.45) is 5.73 Å². The largest absolute Gasteiger partial charge is 0.386 e. The molecule has 50 valence electrons. The molecule has 0 aromatic heterocycles. The molecule has 0 bridgehead atoms. The van der Waals surface area contributed by atoms with E-state index < -0.39 is 18.6 Å². The minimum absolute atomic E-state index is 0.852. The highest BCUT2D eigenvalue weighted by molar-refractivity contribution is 4.67. The maximum Gasteiger partial charge on any atom is 0.265 e. The predicted octanol–water partition coefficient (Wildman–Crippen LogP) is -0.0404. The van der Waals surface area contributed by atoms with Crippen LogP contribution in [-0.4, -0.2) is 23.7 Å². The first kappa shape index (κ1) is 7.78. The van der Waals surface area contributed by atoms with Crippen molar-refractivity contribution in [3.05, 3.63) is 0 Å². The molecule has 8 heavy (non-hydrogen) atoms. The van der Waals surface area contributed by atoms with Crippen molar-refractivity contribution in [1.82, 2.24) is 0 Å². The Hall–Kier alpha value is -0.220. The molecule has 0 amide bonds. The Morgan fingerprint density at radius 2 is 1.88 bits per heavy atom. The van der Waals surface area contributed by atoms with Gasteiger partial charge < -0.3 is 10.8 Å². The zero-order chi connectivity index (χ0) is 6.73. The number of nitrogens with two attached hydrogens (primary N) is 1. The zero-order valence-corrected chi connectivity index (χ0v) is 4.51.